The zero-order chi connectivity index (χ0) is 32.1. The molecule has 1 aromatic heterocycles. The summed E-state index contributed by atoms with van der Waals surface area (Å²) in [5.41, 5.74) is 4.26. The van der Waals surface area contributed by atoms with E-state index in [9.17, 15) is 4.79 Å². The van der Waals surface area contributed by atoms with E-state index in [-0.39, 0.29) is 0 Å². The largest absolute Gasteiger partial charge is 0.493 e. The number of para-hydroxylation sites is 1. The lowest BCUT2D eigenvalue weighted by Crippen LogP contribution is -2.08. The van der Waals surface area contributed by atoms with E-state index in [0.29, 0.717) is 54.1 Å². The van der Waals surface area contributed by atoms with Crippen LogP contribution >= 0.6 is 11.5 Å². The van der Waals surface area contributed by atoms with Crippen LogP contribution in [0.15, 0.2) is 84.9 Å². The van der Waals surface area contributed by atoms with Crippen molar-refractivity contribution in [2.45, 2.75) is 46.1 Å². The zero-order valence-electron chi connectivity index (χ0n) is 26.2. The molecule has 1 heterocycles. The first-order valence-electron chi connectivity index (χ1n) is 15.3. The summed E-state index contributed by atoms with van der Waals surface area (Å²) in [6, 6.07) is 26.8. The Morgan fingerprint density at radius 1 is 0.783 bits per heavy atom. The summed E-state index contributed by atoms with van der Waals surface area (Å²) >= 11 is 1.23. The number of aryl methyl sites for hydroxylation is 1. The Hall–Kier alpha value is -4.96. The Labute approximate surface area is 273 Å². The predicted molar refractivity (Wildman–Crippen MR) is 177 cm³/mol. The Balaban J connectivity index is 1.25. The van der Waals surface area contributed by atoms with Gasteiger partial charge in [0.05, 0.1) is 25.9 Å². The third-order valence-electron chi connectivity index (χ3n) is 7.22. The maximum absolute atomic E-state index is 12.3. The molecule has 0 unspecified atom stereocenters. The number of benzene rings is 4. The van der Waals surface area contributed by atoms with E-state index in [2.05, 4.69) is 34.7 Å². The maximum Gasteiger partial charge on any atom is 0.341 e. The monoisotopic (exact) mass is 639 g/mol. The fourth-order valence-electron chi connectivity index (χ4n) is 4.92. The molecule has 5 rings (SSSR count). The third kappa shape index (κ3) is 8.19. The number of ether oxygens (including phenoxy) is 5. The summed E-state index contributed by atoms with van der Waals surface area (Å²) < 4.78 is 33.9. The molecule has 9 nitrogen and oxygen atoms in total. The van der Waals surface area contributed by atoms with E-state index >= 15 is 0 Å². The van der Waals surface area contributed by atoms with Crippen molar-refractivity contribution in [3.05, 3.63) is 107 Å². The highest BCUT2D eigenvalue weighted by Crippen LogP contribution is 2.38. The number of carbonyl (C=O) groups is 1. The number of methoxy groups -OCH3 is 1. The Kier molecular flexibility index (Phi) is 11.5. The van der Waals surface area contributed by atoms with Gasteiger partial charge in [-0.1, -0.05) is 73.3 Å². The summed E-state index contributed by atoms with van der Waals surface area (Å²) in [5.74, 6) is 2.81. The molecule has 0 saturated heterocycles. The van der Waals surface area contributed by atoms with Crippen molar-refractivity contribution >= 4 is 17.5 Å². The fourth-order valence-corrected chi connectivity index (χ4v) is 5.41. The molecule has 0 aliphatic rings. The lowest BCUT2D eigenvalue weighted by molar-refractivity contribution is 0.0598. The van der Waals surface area contributed by atoms with Crippen molar-refractivity contribution in [2.24, 2.45) is 0 Å². The van der Waals surface area contributed by atoms with Crippen LogP contribution in [0.3, 0.4) is 0 Å². The second kappa shape index (κ2) is 16.4. The highest BCUT2D eigenvalue weighted by molar-refractivity contribution is 7.08. The quantitative estimate of drug-likeness (QED) is 0.0782. The van der Waals surface area contributed by atoms with Crippen LogP contribution in [0, 0.1) is 0 Å². The van der Waals surface area contributed by atoms with E-state index in [4.69, 9.17) is 23.7 Å². The van der Waals surface area contributed by atoms with E-state index in [1.807, 2.05) is 60.7 Å². The molecule has 0 aliphatic carbocycles. The van der Waals surface area contributed by atoms with Crippen LogP contribution in [0.2, 0.25) is 0 Å². The number of nitrogens with zero attached hydrogens (tertiary/aromatic N) is 3. The molecule has 0 N–H and O–H groups in total. The smallest absolute Gasteiger partial charge is 0.341 e. The summed E-state index contributed by atoms with van der Waals surface area (Å²) in [7, 11) is 1.36. The maximum atomic E-state index is 12.3. The minimum absolute atomic E-state index is 0.365. The molecule has 0 atom stereocenters. The predicted octanol–water partition coefficient (Wildman–Crippen LogP) is 8.12. The molecule has 0 bridgehead atoms. The third-order valence-corrected chi connectivity index (χ3v) is 7.85. The molecule has 5 aromatic rings. The Morgan fingerprint density at radius 3 is 2.26 bits per heavy atom. The van der Waals surface area contributed by atoms with Crippen molar-refractivity contribution in [1.82, 2.24) is 14.8 Å². The van der Waals surface area contributed by atoms with Gasteiger partial charge < -0.3 is 23.7 Å². The molecular formula is C36H37N3O6S. The second-order valence-electron chi connectivity index (χ2n) is 10.4. The van der Waals surface area contributed by atoms with Crippen molar-refractivity contribution in [2.75, 3.05) is 20.3 Å². The van der Waals surface area contributed by atoms with Gasteiger partial charge >= 0.3 is 5.97 Å². The average molecular weight is 640 g/mol. The first kappa shape index (κ1) is 32.4. The van der Waals surface area contributed by atoms with Gasteiger partial charge in [0, 0.05) is 29.6 Å². The summed E-state index contributed by atoms with van der Waals surface area (Å²) in [5, 5.41) is 8.65. The average Bonchev–Trinajstić information content (AvgIpc) is 3.64. The van der Waals surface area contributed by atoms with Gasteiger partial charge in [0.15, 0.2) is 5.01 Å². The molecule has 0 amide bonds. The van der Waals surface area contributed by atoms with Crippen molar-refractivity contribution in [1.29, 1.82) is 0 Å². The van der Waals surface area contributed by atoms with Crippen LogP contribution < -0.4 is 18.9 Å². The molecule has 46 heavy (non-hydrogen) atoms. The van der Waals surface area contributed by atoms with Gasteiger partial charge in [0.1, 0.15) is 40.9 Å². The van der Waals surface area contributed by atoms with Crippen LogP contribution in [-0.2, 0) is 24.2 Å². The standard InChI is InChI=1S/C36H37N3O6S/c1-4-13-27-30(18-11-19-31(27)45-32-17-10-9-16-28(32)36(40)41-3)42-20-12-21-43-33-23-34(44-24-25-14-7-6-8-15-25)29(22-26(33)5-2)35-37-38-39-46-35/h6-11,14-19,22-23H,4-5,12-13,20-21,24H2,1-3H3. The number of carbonyl (C=O) groups excluding carboxylic acids is 1. The van der Waals surface area contributed by atoms with Crippen LogP contribution in [0.4, 0.5) is 0 Å². The first-order chi connectivity index (χ1) is 22.6. The minimum atomic E-state index is -0.451. The lowest BCUT2D eigenvalue weighted by Gasteiger charge is -2.18. The molecule has 238 valence electrons. The highest BCUT2D eigenvalue weighted by Gasteiger charge is 2.18. The normalized spacial score (nSPS) is 10.8. The molecule has 10 heteroatoms. The minimum Gasteiger partial charge on any atom is -0.493 e. The first-order valence-corrected chi connectivity index (χ1v) is 16.1. The van der Waals surface area contributed by atoms with Gasteiger partial charge in [0.25, 0.3) is 0 Å². The summed E-state index contributed by atoms with van der Waals surface area (Å²) in [6.07, 6.45) is 3.09. The summed E-state index contributed by atoms with van der Waals surface area (Å²) in [4.78, 5) is 12.3. The van der Waals surface area contributed by atoms with Crippen LogP contribution in [0.1, 0.15) is 53.7 Å². The van der Waals surface area contributed by atoms with Crippen molar-refractivity contribution in [3.63, 3.8) is 0 Å². The Bertz CT molecular complexity index is 1710. The fraction of sp³-hybridized carbons (Fsp3) is 0.278. The molecule has 4 aromatic carbocycles. The zero-order valence-corrected chi connectivity index (χ0v) is 27.0. The molecular weight excluding hydrogens is 602 g/mol. The van der Waals surface area contributed by atoms with Gasteiger partial charge in [-0.25, -0.2) is 4.79 Å². The van der Waals surface area contributed by atoms with Gasteiger partial charge in [0.2, 0.25) is 0 Å². The molecule has 0 saturated carbocycles. The molecule has 0 aliphatic heterocycles. The van der Waals surface area contributed by atoms with Gasteiger partial charge in [-0.05, 0) is 59.5 Å². The van der Waals surface area contributed by atoms with Crippen LogP contribution in [-0.4, -0.2) is 41.1 Å². The second-order valence-corrected chi connectivity index (χ2v) is 11.1. The van der Waals surface area contributed by atoms with Crippen molar-refractivity contribution < 1.29 is 28.5 Å². The van der Waals surface area contributed by atoms with E-state index in [1.54, 1.807) is 18.2 Å². The van der Waals surface area contributed by atoms with E-state index in [0.717, 1.165) is 53.0 Å². The molecule has 0 radical (unpaired) electrons. The van der Waals surface area contributed by atoms with Gasteiger partial charge in [-0.2, -0.15) is 0 Å². The number of aromatic nitrogens is 3. The number of hydrogen-bond donors (Lipinski definition) is 0. The summed E-state index contributed by atoms with van der Waals surface area (Å²) in [6.45, 7) is 5.51. The molecule has 0 spiro atoms. The SMILES string of the molecule is CCCc1c(OCCCOc2cc(OCc3ccccc3)c(-c3nnns3)cc2CC)cccc1Oc1ccccc1C(=O)OC. The van der Waals surface area contributed by atoms with Gasteiger partial charge in [-0.3, -0.25) is 0 Å². The topological polar surface area (TPSA) is 102 Å². The van der Waals surface area contributed by atoms with E-state index in [1.165, 1.54) is 18.6 Å². The lowest BCUT2D eigenvalue weighted by atomic mass is 10.1. The van der Waals surface area contributed by atoms with Gasteiger partial charge in [-0.15, -0.1) is 5.10 Å². The number of hydrogen-bond acceptors (Lipinski definition) is 10. The number of rotatable bonds is 16. The van der Waals surface area contributed by atoms with Crippen molar-refractivity contribution in [3.8, 4) is 39.3 Å². The van der Waals surface area contributed by atoms with E-state index < -0.39 is 5.97 Å². The van der Waals surface area contributed by atoms with Crippen LogP contribution in [0.5, 0.6) is 28.7 Å². The Morgan fingerprint density at radius 2 is 1.52 bits per heavy atom. The van der Waals surface area contributed by atoms with Crippen LogP contribution in [0.25, 0.3) is 10.6 Å². The molecule has 0 fully saturated rings. The highest BCUT2D eigenvalue weighted by atomic mass is 32.1. The number of esters is 1.